The van der Waals surface area contributed by atoms with Gasteiger partial charge in [0, 0.05) is 5.70 Å². The molecule has 3 atom stereocenters. The van der Waals surface area contributed by atoms with Crippen LogP contribution in [0.4, 0.5) is 13.2 Å². The number of hydrogen-bond donors (Lipinski definition) is 2. The number of carbonyl (C=O) groups is 2. The number of hydrogen-bond acceptors (Lipinski definition) is 7. The summed E-state index contributed by atoms with van der Waals surface area (Å²) >= 11 is 0. The fraction of sp³-hybridized carbons (Fsp3) is 0.529. The lowest BCUT2D eigenvalue weighted by atomic mass is 9.73. The number of nitrogens with one attached hydrogen (secondary N) is 1. The normalized spacial score (nSPS) is 25.7. The van der Waals surface area contributed by atoms with Gasteiger partial charge in [0.1, 0.15) is 11.7 Å². The van der Waals surface area contributed by atoms with Crippen LogP contribution in [0.25, 0.3) is 0 Å². The Hall–Kier alpha value is -2.49. The zero-order valence-electron chi connectivity index (χ0n) is 14.9. The van der Waals surface area contributed by atoms with E-state index in [-0.39, 0.29) is 30.2 Å². The van der Waals surface area contributed by atoms with Crippen LogP contribution in [0.1, 0.15) is 32.4 Å². The van der Waals surface area contributed by atoms with Crippen LogP contribution in [0.2, 0.25) is 0 Å². The Labute approximate surface area is 153 Å². The molecule has 0 aliphatic carbocycles. The van der Waals surface area contributed by atoms with E-state index in [4.69, 9.17) is 13.9 Å². The largest absolute Gasteiger partial charge is 0.469 e. The van der Waals surface area contributed by atoms with Crippen LogP contribution in [-0.2, 0) is 19.1 Å². The molecule has 2 heterocycles. The van der Waals surface area contributed by atoms with Gasteiger partial charge in [-0.15, -0.1) is 0 Å². The lowest BCUT2D eigenvalue weighted by Gasteiger charge is -2.44. The fourth-order valence-corrected chi connectivity index (χ4v) is 3.12. The van der Waals surface area contributed by atoms with Crippen LogP contribution in [0.3, 0.4) is 0 Å². The standard InChI is InChI=1S/C17H20F3NO6/c1-4-25-14(22)11-9(3)21-16(24,17(18,19)20)13(15(23)26-5-2)12(11)10-7-6-8-27-10/h6-8,12-13,21,24H,4-5H2,1-3H3. The topological polar surface area (TPSA) is 98.0 Å². The smallest absolute Gasteiger partial charge is 0.437 e. The van der Waals surface area contributed by atoms with Crippen molar-refractivity contribution in [2.24, 2.45) is 5.92 Å². The highest BCUT2D eigenvalue weighted by molar-refractivity contribution is 5.93. The van der Waals surface area contributed by atoms with Crippen molar-refractivity contribution in [2.45, 2.75) is 38.6 Å². The molecule has 150 valence electrons. The van der Waals surface area contributed by atoms with Gasteiger partial charge in [-0.3, -0.25) is 4.79 Å². The maximum absolute atomic E-state index is 13.8. The van der Waals surface area contributed by atoms with Gasteiger partial charge in [-0.05, 0) is 32.9 Å². The van der Waals surface area contributed by atoms with Crippen LogP contribution in [-0.4, -0.2) is 42.2 Å². The van der Waals surface area contributed by atoms with Gasteiger partial charge in [0.25, 0.3) is 0 Å². The molecule has 0 spiro atoms. The molecule has 7 nitrogen and oxygen atoms in total. The summed E-state index contributed by atoms with van der Waals surface area (Å²) in [6, 6.07) is 2.70. The Bertz CT molecular complexity index is 728. The summed E-state index contributed by atoms with van der Waals surface area (Å²) in [5.41, 5.74) is -4.20. The molecule has 1 aliphatic rings. The van der Waals surface area contributed by atoms with Crippen LogP contribution >= 0.6 is 0 Å². The third-order valence-corrected chi connectivity index (χ3v) is 4.19. The number of allylic oxidation sites excluding steroid dienone is 1. The molecule has 0 aromatic carbocycles. The Morgan fingerprint density at radius 2 is 1.93 bits per heavy atom. The lowest BCUT2D eigenvalue weighted by molar-refractivity contribution is -0.293. The van der Waals surface area contributed by atoms with Crippen molar-refractivity contribution in [3.05, 3.63) is 35.4 Å². The third kappa shape index (κ3) is 3.66. The first kappa shape index (κ1) is 20.8. The quantitative estimate of drug-likeness (QED) is 0.743. The van der Waals surface area contributed by atoms with E-state index in [1.165, 1.54) is 39.2 Å². The molecule has 1 aliphatic heterocycles. The Morgan fingerprint density at radius 3 is 2.41 bits per heavy atom. The van der Waals surface area contributed by atoms with E-state index >= 15 is 0 Å². The monoisotopic (exact) mass is 391 g/mol. The van der Waals surface area contributed by atoms with Gasteiger partial charge in [-0.2, -0.15) is 13.2 Å². The number of aliphatic hydroxyl groups is 1. The highest BCUT2D eigenvalue weighted by Gasteiger charge is 2.67. The van der Waals surface area contributed by atoms with E-state index in [9.17, 15) is 27.9 Å². The maximum Gasteiger partial charge on any atom is 0.437 e. The lowest BCUT2D eigenvalue weighted by Crippen LogP contribution is -2.67. The molecule has 27 heavy (non-hydrogen) atoms. The predicted octanol–water partition coefficient (Wildman–Crippen LogP) is 2.23. The van der Waals surface area contributed by atoms with Gasteiger partial charge >= 0.3 is 18.1 Å². The van der Waals surface area contributed by atoms with Gasteiger partial charge in [0.05, 0.1) is 31.0 Å². The number of furan rings is 1. The third-order valence-electron chi connectivity index (χ3n) is 4.19. The summed E-state index contributed by atoms with van der Waals surface area (Å²) < 4.78 is 56.1. The number of esters is 2. The second kappa shape index (κ2) is 7.63. The van der Waals surface area contributed by atoms with Crippen molar-refractivity contribution in [1.29, 1.82) is 0 Å². The summed E-state index contributed by atoms with van der Waals surface area (Å²) in [5.74, 6) is -6.17. The van der Waals surface area contributed by atoms with E-state index in [1.54, 1.807) is 0 Å². The zero-order chi connectivity index (χ0) is 20.4. The zero-order valence-corrected chi connectivity index (χ0v) is 14.9. The molecule has 2 N–H and O–H groups in total. The van der Waals surface area contributed by atoms with Crippen molar-refractivity contribution in [2.75, 3.05) is 13.2 Å². The molecular formula is C17H20F3NO6. The summed E-state index contributed by atoms with van der Waals surface area (Å²) in [6.45, 7) is 3.87. The number of ether oxygens (including phenoxy) is 2. The van der Waals surface area contributed by atoms with Gasteiger partial charge in [0.2, 0.25) is 5.72 Å². The molecule has 1 aromatic rings. The minimum Gasteiger partial charge on any atom is -0.469 e. The first-order valence-electron chi connectivity index (χ1n) is 8.23. The molecule has 0 bridgehead atoms. The first-order valence-corrected chi connectivity index (χ1v) is 8.23. The van der Waals surface area contributed by atoms with E-state index in [2.05, 4.69) is 0 Å². The molecule has 2 rings (SSSR count). The van der Waals surface area contributed by atoms with Crippen molar-refractivity contribution in [1.82, 2.24) is 5.32 Å². The van der Waals surface area contributed by atoms with Gasteiger partial charge in [-0.25, -0.2) is 4.79 Å². The van der Waals surface area contributed by atoms with E-state index in [0.29, 0.717) is 0 Å². The highest BCUT2D eigenvalue weighted by Crippen LogP contribution is 2.49. The molecule has 0 fully saturated rings. The van der Waals surface area contributed by atoms with Crippen LogP contribution in [0.5, 0.6) is 0 Å². The minimum atomic E-state index is -5.25. The highest BCUT2D eigenvalue weighted by atomic mass is 19.4. The second-order valence-electron chi connectivity index (χ2n) is 5.87. The minimum absolute atomic E-state index is 0.0336. The molecule has 1 aromatic heterocycles. The van der Waals surface area contributed by atoms with Gasteiger partial charge in [-0.1, -0.05) is 0 Å². The van der Waals surface area contributed by atoms with Crippen molar-refractivity contribution in [3.63, 3.8) is 0 Å². The molecule has 10 heteroatoms. The second-order valence-corrected chi connectivity index (χ2v) is 5.87. The number of rotatable bonds is 5. The Balaban J connectivity index is 2.74. The summed E-state index contributed by atoms with van der Waals surface area (Å²) in [6.07, 6.45) is -4.07. The van der Waals surface area contributed by atoms with Crippen LogP contribution < -0.4 is 5.32 Å². The average molecular weight is 391 g/mol. The van der Waals surface area contributed by atoms with Crippen molar-refractivity contribution < 1.29 is 41.8 Å². The Kier molecular flexibility index (Phi) is 5.88. The molecular weight excluding hydrogens is 371 g/mol. The summed E-state index contributed by atoms with van der Waals surface area (Å²) in [4.78, 5) is 24.9. The molecule has 3 unspecified atom stereocenters. The van der Waals surface area contributed by atoms with Crippen LogP contribution in [0, 0.1) is 5.92 Å². The van der Waals surface area contributed by atoms with Gasteiger partial charge in [0.15, 0.2) is 0 Å². The molecule has 0 saturated heterocycles. The molecule has 0 amide bonds. The van der Waals surface area contributed by atoms with Crippen molar-refractivity contribution in [3.8, 4) is 0 Å². The van der Waals surface area contributed by atoms with E-state index < -0.39 is 35.7 Å². The maximum atomic E-state index is 13.8. The van der Waals surface area contributed by atoms with Crippen molar-refractivity contribution >= 4 is 11.9 Å². The van der Waals surface area contributed by atoms with E-state index in [1.807, 2.05) is 5.32 Å². The predicted molar refractivity (Wildman–Crippen MR) is 85.0 cm³/mol. The SMILES string of the molecule is CCOC(=O)C1=C(C)NC(O)(C(F)(F)F)C(C(=O)OCC)C1c1ccco1. The summed E-state index contributed by atoms with van der Waals surface area (Å²) in [7, 11) is 0. The molecule has 0 radical (unpaired) electrons. The van der Waals surface area contributed by atoms with E-state index in [0.717, 1.165) is 0 Å². The molecule has 0 saturated carbocycles. The first-order chi connectivity index (χ1) is 12.6. The fourth-order valence-electron chi connectivity index (χ4n) is 3.12. The number of halogens is 3. The van der Waals surface area contributed by atoms with Gasteiger partial charge < -0.3 is 24.3 Å². The average Bonchev–Trinajstić information content (AvgIpc) is 3.07. The Morgan fingerprint density at radius 1 is 1.30 bits per heavy atom. The number of alkyl halides is 3. The van der Waals surface area contributed by atoms with Crippen LogP contribution in [0.15, 0.2) is 34.1 Å². The number of carbonyl (C=O) groups excluding carboxylic acids is 2. The summed E-state index contributed by atoms with van der Waals surface area (Å²) in [5, 5.41) is 12.3.